The standard InChI is InChI=1S/C24H27N3O4S/c1-19-10-11-20(18-23(19)32(29,30)26-14-6-3-7-15-26)22-12-13-24(28)27(25-22)16-17-31-21-8-4-2-5-9-21/h2,4-5,8-13,18H,3,6-7,14-17H2,1H3. The number of rotatable bonds is 7. The van der Waals surface area contributed by atoms with Crippen molar-refractivity contribution in [2.45, 2.75) is 37.6 Å². The van der Waals surface area contributed by atoms with Gasteiger partial charge in [-0.15, -0.1) is 0 Å². The van der Waals surface area contributed by atoms with E-state index < -0.39 is 10.0 Å². The summed E-state index contributed by atoms with van der Waals surface area (Å²) in [4.78, 5) is 12.6. The Balaban J connectivity index is 1.58. The van der Waals surface area contributed by atoms with Gasteiger partial charge in [-0.2, -0.15) is 9.40 Å². The molecule has 1 fully saturated rings. The Morgan fingerprint density at radius 2 is 1.72 bits per heavy atom. The molecule has 0 amide bonds. The molecule has 1 aliphatic rings. The molecule has 0 radical (unpaired) electrons. The zero-order chi connectivity index (χ0) is 22.6. The van der Waals surface area contributed by atoms with E-state index in [1.807, 2.05) is 36.4 Å². The summed E-state index contributed by atoms with van der Waals surface area (Å²) in [6, 6.07) is 17.7. The molecule has 2 aromatic carbocycles. The number of aryl methyl sites for hydroxylation is 1. The molecule has 1 aromatic heterocycles. The molecule has 168 valence electrons. The summed E-state index contributed by atoms with van der Waals surface area (Å²) in [5.41, 5.74) is 1.66. The minimum atomic E-state index is -3.57. The van der Waals surface area contributed by atoms with Gasteiger partial charge in [-0.1, -0.05) is 36.8 Å². The summed E-state index contributed by atoms with van der Waals surface area (Å²) in [5.74, 6) is 0.725. The summed E-state index contributed by atoms with van der Waals surface area (Å²) in [5, 5.41) is 4.45. The van der Waals surface area contributed by atoms with Crippen molar-refractivity contribution in [1.82, 2.24) is 14.1 Å². The molecule has 3 aromatic rings. The Morgan fingerprint density at radius 3 is 2.47 bits per heavy atom. The maximum absolute atomic E-state index is 13.2. The smallest absolute Gasteiger partial charge is 0.266 e. The number of hydrogen-bond acceptors (Lipinski definition) is 5. The number of ether oxygens (including phenoxy) is 1. The predicted octanol–water partition coefficient (Wildman–Crippen LogP) is 3.47. The lowest BCUT2D eigenvalue weighted by Crippen LogP contribution is -2.36. The van der Waals surface area contributed by atoms with Crippen LogP contribution in [0.25, 0.3) is 11.3 Å². The quantitative estimate of drug-likeness (QED) is 0.547. The van der Waals surface area contributed by atoms with Gasteiger partial charge in [-0.05, 0) is 49.6 Å². The van der Waals surface area contributed by atoms with Crippen LogP contribution in [0.5, 0.6) is 5.75 Å². The topological polar surface area (TPSA) is 81.5 Å². The largest absolute Gasteiger partial charge is 0.492 e. The van der Waals surface area contributed by atoms with Crippen LogP contribution < -0.4 is 10.3 Å². The highest BCUT2D eigenvalue weighted by Gasteiger charge is 2.27. The first-order chi connectivity index (χ1) is 15.4. The van der Waals surface area contributed by atoms with Crippen molar-refractivity contribution in [2.75, 3.05) is 19.7 Å². The first-order valence-electron chi connectivity index (χ1n) is 10.8. The molecule has 1 saturated heterocycles. The molecule has 0 spiro atoms. The van der Waals surface area contributed by atoms with E-state index in [1.54, 1.807) is 29.4 Å². The Hall–Kier alpha value is -2.97. The molecule has 0 N–H and O–H groups in total. The van der Waals surface area contributed by atoms with Gasteiger partial charge in [0.1, 0.15) is 12.4 Å². The van der Waals surface area contributed by atoms with E-state index >= 15 is 0 Å². The number of sulfonamides is 1. The summed E-state index contributed by atoms with van der Waals surface area (Å²) in [6.45, 7) is 3.48. The van der Waals surface area contributed by atoms with Crippen molar-refractivity contribution in [3.63, 3.8) is 0 Å². The van der Waals surface area contributed by atoms with E-state index in [-0.39, 0.29) is 12.1 Å². The van der Waals surface area contributed by atoms with Gasteiger partial charge >= 0.3 is 0 Å². The molecular formula is C24H27N3O4S. The van der Waals surface area contributed by atoms with Crippen molar-refractivity contribution >= 4 is 10.0 Å². The molecule has 0 unspecified atom stereocenters. The molecule has 0 bridgehead atoms. The molecule has 8 heteroatoms. The predicted molar refractivity (Wildman–Crippen MR) is 123 cm³/mol. The number of piperidine rings is 1. The maximum atomic E-state index is 13.2. The summed E-state index contributed by atoms with van der Waals surface area (Å²) < 4.78 is 35.0. The SMILES string of the molecule is Cc1ccc(-c2ccc(=O)n(CCOc3ccccc3)n2)cc1S(=O)(=O)N1CCCCC1. The third-order valence-electron chi connectivity index (χ3n) is 5.60. The van der Waals surface area contributed by atoms with Crippen LogP contribution in [0, 0.1) is 6.92 Å². The van der Waals surface area contributed by atoms with E-state index in [2.05, 4.69) is 5.10 Å². The van der Waals surface area contributed by atoms with Crippen LogP contribution in [0.4, 0.5) is 0 Å². The number of benzene rings is 2. The zero-order valence-electron chi connectivity index (χ0n) is 18.1. The van der Waals surface area contributed by atoms with E-state index in [1.165, 1.54) is 10.7 Å². The number of nitrogens with zero attached hydrogens (tertiary/aromatic N) is 3. The van der Waals surface area contributed by atoms with Crippen LogP contribution in [0.15, 0.2) is 70.4 Å². The van der Waals surface area contributed by atoms with Crippen LogP contribution in [0.2, 0.25) is 0 Å². The fourth-order valence-electron chi connectivity index (χ4n) is 3.81. The number of aromatic nitrogens is 2. The Morgan fingerprint density at radius 1 is 0.969 bits per heavy atom. The fraction of sp³-hybridized carbons (Fsp3) is 0.333. The Labute approximate surface area is 188 Å². The summed E-state index contributed by atoms with van der Waals surface area (Å²) in [6.07, 6.45) is 2.83. The average molecular weight is 454 g/mol. The highest BCUT2D eigenvalue weighted by molar-refractivity contribution is 7.89. The molecule has 32 heavy (non-hydrogen) atoms. The van der Waals surface area contributed by atoms with Crippen LogP contribution in [-0.4, -0.2) is 42.2 Å². The van der Waals surface area contributed by atoms with Crippen LogP contribution in [0.3, 0.4) is 0 Å². The zero-order valence-corrected chi connectivity index (χ0v) is 18.9. The van der Waals surface area contributed by atoms with Gasteiger partial charge in [0.15, 0.2) is 0 Å². The average Bonchev–Trinajstić information content (AvgIpc) is 2.82. The van der Waals surface area contributed by atoms with E-state index in [4.69, 9.17) is 4.74 Å². The Bertz CT molecular complexity index is 1230. The van der Waals surface area contributed by atoms with E-state index in [9.17, 15) is 13.2 Å². The summed E-state index contributed by atoms with van der Waals surface area (Å²) in [7, 11) is -3.57. The van der Waals surface area contributed by atoms with Gasteiger partial charge in [0, 0.05) is 24.7 Å². The Kier molecular flexibility index (Phi) is 6.72. The van der Waals surface area contributed by atoms with Gasteiger partial charge in [-0.3, -0.25) is 4.79 Å². The van der Waals surface area contributed by atoms with Crippen molar-refractivity contribution in [3.8, 4) is 17.0 Å². The van der Waals surface area contributed by atoms with Crippen LogP contribution in [-0.2, 0) is 16.6 Å². The van der Waals surface area contributed by atoms with Gasteiger partial charge in [0.25, 0.3) is 5.56 Å². The van der Waals surface area contributed by atoms with E-state index in [0.717, 1.165) is 25.0 Å². The molecule has 1 aliphatic heterocycles. The number of para-hydroxylation sites is 1. The minimum absolute atomic E-state index is 0.237. The van der Waals surface area contributed by atoms with Crippen molar-refractivity contribution in [2.24, 2.45) is 0 Å². The van der Waals surface area contributed by atoms with Gasteiger partial charge in [0.05, 0.1) is 17.1 Å². The first kappa shape index (κ1) is 22.2. The van der Waals surface area contributed by atoms with Gasteiger partial charge in [-0.25, -0.2) is 13.1 Å². The third-order valence-corrected chi connectivity index (χ3v) is 7.64. The molecule has 7 nitrogen and oxygen atoms in total. The van der Waals surface area contributed by atoms with Crippen molar-refractivity contribution in [1.29, 1.82) is 0 Å². The third kappa shape index (κ3) is 4.92. The fourth-order valence-corrected chi connectivity index (χ4v) is 5.58. The van der Waals surface area contributed by atoms with E-state index in [0.29, 0.717) is 41.4 Å². The highest BCUT2D eigenvalue weighted by Crippen LogP contribution is 2.27. The molecule has 4 rings (SSSR count). The lowest BCUT2D eigenvalue weighted by Gasteiger charge is -2.26. The second-order valence-corrected chi connectivity index (χ2v) is 9.79. The second kappa shape index (κ2) is 9.67. The molecule has 0 saturated carbocycles. The van der Waals surface area contributed by atoms with Gasteiger partial charge < -0.3 is 4.74 Å². The van der Waals surface area contributed by atoms with Crippen LogP contribution in [0.1, 0.15) is 24.8 Å². The molecule has 0 aliphatic carbocycles. The number of hydrogen-bond donors (Lipinski definition) is 0. The lowest BCUT2D eigenvalue weighted by molar-refractivity contribution is 0.288. The first-order valence-corrected chi connectivity index (χ1v) is 12.3. The van der Waals surface area contributed by atoms with Crippen molar-refractivity contribution < 1.29 is 13.2 Å². The summed E-state index contributed by atoms with van der Waals surface area (Å²) >= 11 is 0. The highest BCUT2D eigenvalue weighted by atomic mass is 32.2. The normalized spacial score (nSPS) is 14.9. The minimum Gasteiger partial charge on any atom is -0.492 e. The molecule has 0 atom stereocenters. The maximum Gasteiger partial charge on any atom is 0.266 e. The second-order valence-electron chi connectivity index (χ2n) is 7.89. The van der Waals surface area contributed by atoms with Crippen molar-refractivity contribution in [3.05, 3.63) is 76.6 Å². The van der Waals surface area contributed by atoms with Gasteiger partial charge in [0.2, 0.25) is 10.0 Å². The molecule has 2 heterocycles. The van der Waals surface area contributed by atoms with Crippen LogP contribution >= 0.6 is 0 Å². The monoisotopic (exact) mass is 453 g/mol. The molecular weight excluding hydrogens is 426 g/mol. The lowest BCUT2D eigenvalue weighted by atomic mass is 10.1.